The van der Waals surface area contributed by atoms with Gasteiger partial charge in [0.05, 0.1) is 18.8 Å². The smallest absolute Gasteiger partial charge is 0.338 e. The maximum absolute atomic E-state index is 12.1. The minimum absolute atomic E-state index is 0.0241. The first-order chi connectivity index (χ1) is 12.4. The molecule has 26 heavy (non-hydrogen) atoms. The Labute approximate surface area is 160 Å². The summed E-state index contributed by atoms with van der Waals surface area (Å²) in [4.78, 5) is 24.0. The Morgan fingerprint density at radius 3 is 2.38 bits per heavy atom. The SMILES string of the molecule is COc1cc(C(=O)OCC(=O)Nc2ccc(Br)cc2)ccc1OC(C)C. The normalized spacial score (nSPS) is 10.3. The quantitative estimate of drug-likeness (QED) is 0.682. The number of methoxy groups -OCH3 is 1. The van der Waals surface area contributed by atoms with Crippen LogP contribution >= 0.6 is 15.9 Å². The van der Waals surface area contributed by atoms with Crippen LogP contribution < -0.4 is 14.8 Å². The number of anilines is 1. The summed E-state index contributed by atoms with van der Waals surface area (Å²) < 4.78 is 16.8. The Bertz CT molecular complexity index is 774. The number of carbonyl (C=O) groups excluding carboxylic acids is 2. The predicted octanol–water partition coefficient (Wildman–Crippen LogP) is 4.04. The molecule has 0 atom stereocenters. The molecule has 2 rings (SSSR count). The van der Waals surface area contributed by atoms with Gasteiger partial charge < -0.3 is 19.5 Å². The van der Waals surface area contributed by atoms with Crippen LogP contribution in [0.1, 0.15) is 24.2 Å². The van der Waals surface area contributed by atoms with Crippen LogP contribution in [0.2, 0.25) is 0 Å². The topological polar surface area (TPSA) is 73.9 Å². The van der Waals surface area contributed by atoms with E-state index >= 15 is 0 Å². The van der Waals surface area contributed by atoms with Crippen LogP contribution in [-0.2, 0) is 9.53 Å². The number of benzene rings is 2. The van der Waals surface area contributed by atoms with E-state index in [2.05, 4.69) is 21.2 Å². The highest BCUT2D eigenvalue weighted by molar-refractivity contribution is 9.10. The average molecular weight is 422 g/mol. The standard InChI is InChI=1S/C19H20BrNO5/c1-12(2)26-16-9-4-13(10-17(16)24-3)19(23)25-11-18(22)21-15-7-5-14(20)6-8-15/h4-10,12H,11H2,1-3H3,(H,21,22). The van der Waals surface area contributed by atoms with Crippen molar-refractivity contribution < 1.29 is 23.8 Å². The van der Waals surface area contributed by atoms with Crippen molar-refractivity contribution in [2.45, 2.75) is 20.0 Å². The minimum atomic E-state index is -0.620. The van der Waals surface area contributed by atoms with E-state index in [9.17, 15) is 9.59 Å². The van der Waals surface area contributed by atoms with E-state index in [0.29, 0.717) is 17.2 Å². The van der Waals surface area contributed by atoms with Gasteiger partial charge in [0, 0.05) is 10.2 Å². The summed E-state index contributed by atoms with van der Waals surface area (Å²) >= 11 is 3.32. The Hall–Kier alpha value is -2.54. The number of amides is 1. The number of halogens is 1. The van der Waals surface area contributed by atoms with Crippen molar-refractivity contribution in [2.24, 2.45) is 0 Å². The van der Waals surface area contributed by atoms with Gasteiger partial charge >= 0.3 is 5.97 Å². The van der Waals surface area contributed by atoms with Gasteiger partial charge in [-0.05, 0) is 56.3 Å². The number of ether oxygens (including phenoxy) is 3. The second-order valence-electron chi connectivity index (χ2n) is 5.66. The molecular weight excluding hydrogens is 402 g/mol. The van der Waals surface area contributed by atoms with Crippen molar-refractivity contribution in [3.05, 3.63) is 52.5 Å². The summed E-state index contributed by atoms with van der Waals surface area (Å²) in [7, 11) is 1.49. The number of nitrogens with one attached hydrogen (secondary N) is 1. The molecule has 0 bridgehead atoms. The highest BCUT2D eigenvalue weighted by Gasteiger charge is 2.14. The van der Waals surface area contributed by atoms with Crippen molar-refractivity contribution in [3.8, 4) is 11.5 Å². The second-order valence-corrected chi connectivity index (χ2v) is 6.58. The summed E-state index contributed by atoms with van der Waals surface area (Å²) in [5.41, 5.74) is 0.889. The molecule has 0 spiro atoms. The van der Waals surface area contributed by atoms with Gasteiger partial charge in [-0.3, -0.25) is 4.79 Å². The summed E-state index contributed by atoms with van der Waals surface area (Å²) in [5, 5.41) is 2.65. The van der Waals surface area contributed by atoms with E-state index in [1.165, 1.54) is 13.2 Å². The van der Waals surface area contributed by atoms with Gasteiger partial charge in [-0.2, -0.15) is 0 Å². The lowest BCUT2D eigenvalue weighted by molar-refractivity contribution is -0.119. The maximum Gasteiger partial charge on any atom is 0.338 e. The van der Waals surface area contributed by atoms with Crippen LogP contribution in [0.4, 0.5) is 5.69 Å². The number of rotatable bonds is 7. The lowest BCUT2D eigenvalue weighted by Gasteiger charge is -2.14. The molecule has 0 aliphatic rings. The number of hydrogen-bond acceptors (Lipinski definition) is 5. The molecule has 0 unspecified atom stereocenters. The molecule has 0 aliphatic carbocycles. The Morgan fingerprint density at radius 2 is 1.77 bits per heavy atom. The molecule has 0 radical (unpaired) electrons. The fourth-order valence-electron chi connectivity index (χ4n) is 2.09. The third kappa shape index (κ3) is 5.77. The van der Waals surface area contributed by atoms with E-state index in [1.807, 2.05) is 13.8 Å². The lowest BCUT2D eigenvalue weighted by atomic mass is 10.2. The van der Waals surface area contributed by atoms with Crippen LogP contribution in [-0.4, -0.2) is 31.7 Å². The molecule has 0 heterocycles. The molecule has 7 heteroatoms. The third-order valence-electron chi connectivity index (χ3n) is 3.22. The molecule has 0 fully saturated rings. The number of carbonyl (C=O) groups is 2. The van der Waals surface area contributed by atoms with E-state index < -0.39 is 11.9 Å². The van der Waals surface area contributed by atoms with E-state index in [0.717, 1.165) is 4.47 Å². The molecular formula is C19H20BrNO5. The molecule has 138 valence electrons. The van der Waals surface area contributed by atoms with E-state index in [-0.39, 0.29) is 18.3 Å². The molecule has 0 saturated carbocycles. The van der Waals surface area contributed by atoms with Crippen LogP contribution in [0.3, 0.4) is 0 Å². The van der Waals surface area contributed by atoms with Gasteiger partial charge in [0.2, 0.25) is 0 Å². The van der Waals surface area contributed by atoms with Crippen molar-refractivity contribution in [1.29, 1.82) is 0 Å². The molecule has 1 amide bonds. The largest absolute Gasteiger partial charge is 0.493 e. The molecule has 2 aromatic carbocycles. The van der Waals surface area contributed by atoms with Gasteiger partial charge in [-0.25, -0.2) is 4.79 Å². The van der Waals surface area contributed by atoms with Gasteiger partial charge in [0.25, 0.3) is 5.91 Å². The molecule has 2 aromatic rings. The van der Waals surface area contributed by atoms with Crippen LogP contribution in [0.5, 0.6) is 11.5 Å². The van der Waals surface area contributed by atoms with E-state index in [4.69, 9.17) is 14.2 Å². The monoisotopic (exact) mass is 421 g/mol. The van der Waals surface area contributed by atoms with E-state index in [1.54, 1.807) is 36.4 Å². The maximum atomic E-state index is 12.1. The Morgan fingerprint density at radius 1 is 1.08 bits per heavy atom. The first-order valence-corrected chi connectivity index (χ1v) is 8.75. The zero-order chi connectivity index (χ0) is 19.1. The minimum Gasteiger partial charge on any atom is -0.493 e. The summed E-state index contributed by atoms with van der Waals surface area (Å²) in [6.45, 7) is 3.40. The van der Waals surface area contributed by atoms with Crippen molar-refractivity contribution >= 4 is 33.5 Å². The first-order valence-electron chi connectivity index (χ1n) is 7.96. The average Bonchev–Trinajstić information content (AvgIpc) is 2.61. The van der Waals surface area contributed by atoms with Crippen LogP contribution in [0.25, 0.3) is 0 Å². The van der Waals surface area contributed by atoms with Crippen LogP contribution in [0.15, 0.2) is 46.9 Å². The van der Waals surface area contributed by atoms with Gasteiger partial charge in [-0.15, -0.1) is 0 Å². The Balaban J connectivity index is 1.94. The van der Waals surface area contributed by atoms with Crippen molar-refractivity contribution in [3.63, 3.8) is 0 Å². The van der Waals surface area contributed by atoms with Crippen molar-refractivity contribution in [2.75, 3.05) is 19.0 Å². The highest BCUT2D eigenvalue weighted by Crippen LogP contribution is 2.29. The third-order valence-corrected chi connectivity index (χ3v) is 3.75. The zero-order valence-corrected chi connectivity index (χ0v) is 16.3. The van der Waals surface area contributed by atoms with Gasteiger partial charge in [0.1, 0.15) is 0 Å². The number of hydrogen-bond donors (Lipinski definition) is 1. The summed E-state index contributed by atoms with van der Waals surface area (Å²) in [6, 6.07) is 11.8. The molecule has 0 aliphatic heterocycles. The summed E-state index contributed by atoms with van der Waals surface area (Å²) in [6.07, 6.45) is -0.0241. The highest BCUT2D eigenvalue weighted by atomic mass is 79.9. The van der Waals surface area contributed by atoms with Gasteiger partial charge in [-0.1, -0.05) is 15.9 Å². The molecule has 0 aromatic heterocycles. The van der Waals surface area contributed by atoms with Crippen molar-refractivity contribution in [1.82, 2.24) is 0 Å². The molecule has 1 N–H and O–H groups in total. The predicted molar refractivity (Wildman–Crippen MR) is 102 cm³/mol. The summed E-state index contributed by atoms with van der Waals surface area (Å²) in [5.74, 6) is -0.0859. The van der Waals surface area contributed by atoms with Gasteiger partial charge in [0.15, 0.2) is 18.1 Å². The Kier molecular flexibility index (Phi) is 7.03. The van der Waals surface area contributed by atoms with Crippen LogP contribution in [0, 0.1) is 0 Å². The first kappa shape index (κ1) is 19.8. The molecule has 6 nitrogen and oxygen atoms in total. The number of esters is 1. The fraction of sp³-hybridized carbons (Fsp3) is 0.263. The zero-order valence-electron chi connectivity index (χ0n) is 14.7. The fourth-order valence-corrected chi connectivity index (χ4v) is 2.35. The lowest BCUT2D eigenvalue weighted by Crippen LogP contribution is -2.21. The second kappa shape index (κ2) is 9.24. The molecule has 0 saturated heterocycles.